The van der Waals surface area contributed by atoms with Crippen LogP contribution in [-0.4, -0.2) is 70.6 Å². The Morgan fingerprint density at radius 3 is 2.66 bits per heavy atom. The molecule has 0 aliphatic carbocycles. The minimum absolute atomic E-state index is 0.0798. The molecule has 2 aromatic rings. The van der Waals surface area contributed by atoms with Gasteiger partial charge in [0, 0.05) is 38.2 Å². The molecule has 0 saturated heterocycles. The number of aliphatic hydroxyl groups is 1. The normalized spacial score (nSPS) is 19.1. The van der Waals surface area contributed by atoms with Gasteiger partial charge in [0.1, 0.15) is 11.7 Å². The molecule has 1 aromatic heterocycles. The molecule has 1 aliphatic heterocycles. The molecule has 3 rings (SSSR count). The summed E-state index contributed by atoms with van der Waals surface area (Å²) in [7, 11) is 1.71. The van der Waals surface area contributed by atoms with Gasteiger partial charge in [-0.1, -0.05) is 19.1 Å². The first-order valence-electron chi connectivity index (χ1n) is 10.6. The van der Waals surface area contributed by atoms with Gasteiger partial charge < -0.3 is 19.6 Å². The second kappa shape index (κ2) is 9.79. The number of carbonyl (C=O) groups excluding carboxylic acids is 2. The van der Waals surface area contributed by atoms with E-state index in [1.165, 1.54) is 6.92 Å². The molecular formula is C24H28N4O4. The number of fused-ring (bicyclic) bond motifs is 1. The molecule has 2 heterocycles. The highest BCUT2D eigenvalue weighted by molar-refractivity contribution is 5.98. The van der Waals surface area contributed by atoms with E-state index in [4.69, 9.17) is 10.00 Å². The first kappa shape index (κ1) is 23.2. The van der Waals surface area contributed by atoms with Crippen LogP contribution in [-0.2, 0) is 4.79 Å². The Morgan fingerprint density at radius 2 is 2.06 bits per heavy atom. The Morgan fingerprint density at radius 1 is 1.38 bits per heavy atom. The fourth-order valence-corrected chi connectivity index (χ4v) is 3.61. The summed E-state index contributed by atoms with van der Waals surface area (Å²) >= 11 is 0. The van der Waals surface area contributed by atoms with Crippen molar-refractivity contribution in [3.05, 3.63) is 47.7 Å². The van der Waals surface area contributed by atoms with Crippen LogP contribution < -0.4 is 4.74 Å². The van der Waals surface area contributed by atoms with Gasteiger partial charge in [-0.2, -0.15) is 5.26 Å². The van der Waals surface area contributed by atoms with Crippen LogP contribution >= 0.6 is 0 Å². The van der Waals surface area contributed by atoms with Crippen LogP contribution in [0.2, 0.25) is 0 Å². The zero-order valence-corrected chi connectivity index (χ0v) is 18.8. The van der Waals surface area contributed by atoms with Crippen molar-refractivity contribution in [3.8, 4) is 23.1 Å². The fourth-order valence-electron chi connectivity index (χ4n) is 3.61. The van der Waals surface area contributed by atoms with E-state index in [1.54, 1.807) is 60.3 Å². The summed E-state index contributed by atoms with van der Waals surface area (Å²) in [5, 5.41) is 18.8. The van der Waals surface area contributed by atoms with Crippen molar-refractivity contribution in [1.29, 1.82) is 5.26 Å². The largest absolute Gasteiger partial charge is 0.472 e. The second-order valence-corrected chi connectivity index (χ2v) is 8.29. The van der Waals surface area contributed by atoms with Crippen LogP contribution in [0, 0.1) is 17.2 Å². The number of nitriles is 1. The summed E-state index contributed by atoms with van der Waals surface area (Å²) in [5.74, 6) is -0.238. The highest BCUT2D eigenvalue weighted by Gasteiger charge is 2.34. The van der Waals surface area contributed by atoms with Gasteiger partial charge in [-0.05, 0) is 30.7 Å². The molecule has 32 heavy (non-hydrogen) atoms. The third kappa shape index (κ3) is 4.89. The maximum Gasteiger partial charge on any atom is 0.259 e. The van der Waals surface area contributed by atoms with Crippen molar-refractivity contribution in [1.82, 2.24) is 14.8 Å². The third-order valence-electron chi connectivity index (χ3n) is 5.86. The predicted octanol–water partition coefficient (Wildman–Crippen LogP) is 2.32. The van der Waals surface area contributed by atoms with E-state index in [1.807, 2.05) is 6.92 Å². The van der Waals surface area contributed by atoms with Crippen LogP contribution in [0.1, 0.15) is 36.7 Å². The van der Waals surface area contributed by atoms with E-state index >= 15 is 0 Å². The quantitative estimate of drug-likeness (QED) is 0.771. The minimum Gasteiger partial charge on any atom is -0.472 e. The molecule has 1 aliphatic rings. The summed E-state index contributed by atoms with van der Waals surface area (Å²) in [6.45, 7) is 5.80. The number of nitrogens with zero attached hydrogens (tertiary/aromatic N) is 4. The SMILES string of the molecule is CC(=O)N(C)C[C@H]1Oc2ncc(-c3ccc(C#N)cc3)cc2C(=O)N([C@@H](C)CO)C[C@@H]1C. The number of pyridine rings is 1. The number of ether oxygens (including phenoxy) is 1. The van der Waals surface area contributed by atoms with Gasteiger partial charge >= 0.3 is 0 Å². The lowest BCUT2D eigenvalue weighted by Gasteiger charge is -2.37. The predicted molar refractivity (Wildman–Crippen MR) is 119 cm³/mol. The van der Waals surface area contributed by atoms with Crippen molar-refractivity contribution in [2.75, 3.05) is 26.7 Å². The molecule has 0 spiro atoms. The Hall–Kier alpha value is -3.44. The number of aliphatic hydroxyl groups excluding tert-OH is 1. The van der Waals surface area contributed by atoms with E-state index in [0.717, 1.165) is 5.56 Å². The minimum atomic E-state index is -0.388. The van der Waals surface area contributed by atoms with Gasteiger partial charge in [0.15, 0.2) is 0 Å². The molecule has 0 saturated carbocycles. The lowest BCUT2D eigenvalue weighted by Crippen LogP contribution is -2.50. The van der Waals surface area contributed by atoms with Crippen molar-refractivity contribution in [2.24, 2.45) is 5.92 Å². The van der Waals surface area contributed by atoms with Crippen molar-refractivity contribution >= 4 is 11.8 Å². The summed E-state index contributed by atoms with van der Waals surface area (Å²) in [6, 6.07) is 10.4. The molecule has 3 atom stereocenters. The molecule has 168 valence electrons. The number of aromatic nitrogens is 1. The summed E-state index contributed by atoms with van der Waals surface area (Å²) in [5.41, 5.74) is 2.38. The van der Waals surface area contributed by atoms with Crippen LogP contribution in [0.15, 0.2) is 36.5 Å². The number of rotatable bonds is 5. The molecule has 8 nitrogen and oxygen atoms in total. The molecule has 0 bridgehead atoms. The van der Waals surface area contributed by atoms with Gasteiger partial charge in [0.2, 0.25) is 11.8 Å². The first-order chi connectivity index (χ1) is 15.2. The second-order valence-electron chi connectivity index (χ2n) is 8.29. The standard InChI is InChI=1S/C24H28N4O4/c1-15-12-28(16(2)14-29)24(31)21-9-20(19-7-5-18(10-25)6-8-19)11-26-23(21)32-22(15)13-27(4)17(3)30/h5-9,11,15-16,22,29H,12-14H2,1-4H3/t15-,16-,22+/m0/s1. The number of amides is 2. The average Bonchev–Trinajstić information content (AvgIpc) is 2.80. The molecule has 0 unspecified atom stereocenters. The number of likely N-dealkylation sites (N-methyl/N-ethyl adjacent to an activating group) is 1. The van der Waals surface area contributed by atoms with Gasteiger partial charge in [0.05, 0.1) is 30.8 Å². The van der Waals surface area contributed by atoms with Gasteiger partial charge in [-0.25, -0.2) is 4.98 Å². The van der Waals surface area contributed by atoms with Crippen LogP contribution in [0.5, 0.6) is 5.88 Å². The highest BCUT2D eigenvalue weighted by atomic mass is 16.5. The molecule has 1 aromatic carbocycles. The molecule has 2 amide bonds. The van der Waals surface area contributed by atoms with Crippen molar-refractivity contribution in [3.63, 3.8) is 0 Å². The molecule has 0 fully saturated rings. The number of carbonyl (C=O) groups is 2. The zero-order valence-electron chi connectivity index (χ0n) is 18.8. The highest BCUT2D eigenvalue weighted by Crippen LogP contribution is 2.30. The average molecular weight is 437 g/mol. The molecule has 8 heteroatoms. The maximum atomic E-state index is 13.4. The monoisotopic (exact) mass is 436 g/mol. The lowest BCUT2D eigenvalue weighted by molar-refractivity contribution is -0.129. The van der Waals surface area contributed by atoms with E-state index < -0.39 is 0 Å². The molecule has 0 radical (unpaired) electrons. The third-order valence-corrected chi connectivity index (χ3v) is 5.86. The van der Waals surface area contributed by atoms with E-state index in [0.29, 0.717) is 29.8 Å². The van der Waals surface area contributed by atoms with Crippen LogP contribution in [0.3, 0.4) is 0 Å². The van der Waals surface area contributed by atoms with Crippen molar-refractivity contribution in [2.45, 2.75) is 32.9 Å². The fraction of sp³-hybridized carbons (Fsp3) is 0.417. The Balaban J connectivity index is 2.05. The smallest absolute Gasteiger partial charge is 0.259 e. The van der Waals surface area contributed by atoms with Crippen LogP contribution in [0.25, 0.3) is 11.1 Å². The van der Waals surface area contributed by atoms with E-state index in [2.05, 4.69) is 11.1 Å². The first-order valence-corrected chi connectivity index (χ1v) is 10.6. The molecular weight excluding hydrogens is 408 g/mol. The van der Waals surface area contributed by atoms with Gasteiger partial charge in [-0.15, -0.1) is 0 Å². The van der Waals surface area contributed by atoms with E-state index in [-0.39, 0.29) is 42.4 Å². The lowest BCUT2D eigenvalue weighted by atomic mass is 9.99. The summed E-state index contributed by atoms with van der Waals surface area (Å²) in [6.07, 6.45) is 1.25. The number of hydrogen-bond donors (Lipinski definition) is 1. The van der Waals surface area contributed by atoms with Gasteiger partial charge in [-0.3, -0.25) is 9.59 Å². The Labute approximate surface area is 188 Å². The zero-order chi connectivity index (χ0) is 23.4. The van der Waals surface area contributed by atoms with Gasteiger partial charge in [0.25, 0.3) is 5.91 Å². The maximum absolute atomic E-state index is 13.4. The summed E-state index contributed by atoms with van der Waals surface area (Å²) in [4.78, 5) is 32.9. The van der Waals surface area contributed by atoms with Crippen LogP contribution in [0.4, 0.5) is 0 Å². The number of hydrogen-bond acceptors (Lipinski definition) is 6. The number of benzene rings is 1. The topological polar surface area (TPSA) is 107 Å². The summed E-state index contributed by atoms with van der Waals surface area (Å²) < 4.78 is 6.17. The Kier molecular flexibility index (Phi) is 7.11. The van der Waals surface area contributed by atoms with Crippen molar-refractivity contribution < 1.29 is 19.4 Å². The Bertz CT molecular complexity index is 1030. The molecule has 1 N–H and O–H groups in total. The van der Waals surface area contributed by atoms with E-state index in [9.17, 15) is 14.7 Å².